The number of hydrogen-bond donors (Lipinski definition) is 1. The third-order valence-electron chi connectivity index (χ3n) is 1.87. The van der Waals surface area contributed by atoms with E-state index in [1.807, 2.05) is 36.4 Å². The van der Waals surface area contributed by atoms with Gasteiger partial charge in [-0.25, -0.2) is 0 Å². The monoisotopic (exact) mass is 236 g/mol. The van der Waals surface area contributed by atoms with Crippen molar-refractivity contribution in [2.45, 2.75) is 0 Å². The predicted octanol–water partition coefficient (Wildman–Crippen LogP) is 4.54. The molecule has 0 spiro atoms. The molecular weight excluding hydrogens is 229 g/mol. The van der Waals surface area contributed by atoms with E-state index in [0.717, 1.165) is 11.4 Å². The van der Waals surface area contributed by atoms with E-state index in [1.54, 1.807) is 6.07 Å². The van der Waals surface area contributed by atoms with Crippen molar-refractivity contribution in [2.24, 2.45) is 0 Å². The lowest BCUT2D eigenvalue weighted by Crippen LogP contribution is -1.89. The molecule has 0 aliphatic heterocycles. The molecule has 0 bridgehead atoms. The van der Waals surface area contributed by atoms with Crippen molar-refractivity contribution in [2.75, 3.05) is 5.32 Å². The predicted molar refractivity (Wildman–Crippen MR) is 65.0 cm³/mol. The Morgan fingerprint density at radius 1 is 0.867 bits per heavy atom. The second-order valence-electron chi connectivity index (χ2n) is 3.07. The van der Waals surface area contributed by atoms with E-state index in [1.165, 1.54) is 0 Å². The summed E-state index contributed by atoms with van der Waals surface area (Å²) in [6.07, 6.45) is 0. The number of anilines is 2. The zero-order valence-corrected chi connectivity index (χ0v) is 9.31. The lowest BCUT2D eigenvalue weighted by molar-refractivity contribution is 1.55. The highest BCUT2D eigenvalue weighted by Gasteiger charge is 1.98. The molecular formula is C12H8Cl2N. The lowest BCUT2D eigenvalue weighted by Gasteiger charge is -2.06. The summed E-state index contributed by atoms with van der Waals surface area (Å²) in [6.45, 7) is 0. The van der Waals surface area contributed by atoms with Crippen LogP contribution in [0.4, 0.5) is 11.4 Å². The maximum absolute atomic E-state index is 5.89. The van der Waals surface area contributed by atoms with Crippen molar-refractivity contribution in [3.05, 3.63) is 58.6 Å². The van der Waals surface area contributed by atoms with Gasteiger partial charge in [0.15, 0.2) is 0 Å². The molecule has 1 radical (unpaired) electrons. The average Bonchev–Trinajstić information content (AvgIpc) is 2.17. The first-order chi connectivity index (χ1) is 7.24. The second kappa shape index (κ2) is 4.56. The number of halogens is 2. The maximum atomic E-state index is 5.89. The topological polar surface area (TPSA) is 12.0 Å². The summed E-state index contributed by atoms with van der Waals surface area (Å²) in [5.41, 5.74) is 1.85. The molecule has 1 nitrogen and oxygen atoms in total. The minimum atomic E-state index is 0.618. The van der Waals surface area contributed by atoms with Crippen LogP contribution in [0.25, 0.3) is 0 Å². The van der Waals surface area contributed by atoms with E-state index in [4.69, 9.17) is 23.2 Å². The van der Waals surface area contributed by atoms with Crippen LogP contribution in [0.3, 0.4) is 0 Å². The molecule has 3 heteroatoms. The fourth-order valence-electron chi connectivity index (χ4n) is 1.26. The van der Waals surface area contributed by atoms with Crippen molar-refractivity contribution in [3.8, 4) is 0 Å². The van der Waals surface area contributed by atoms with Gasteiger partial charge >= 0.3 is 0 Å². The van der Waals surface area contributed by atoms with Crippen LogP contribution in [-0.4, -0.2) is 0 Å². The number of rotatable bonds is 2. The Morgan fingerprint density at radius 2 is 1.47 bits per heavy atom. The fourth-order valence-corrected chi connectivity index (χ4v) is 1.79. The molecule has 15 heavy (non-hydrogen) atoms. The van der Waals surface area contributed by atoms with Gasteiger partial charge in [-0.2, -0.15) is 0 Å². The van der Waals surface area contributed by atoms with E-state index in [0.29, 0.717) is 10.0 Å². The van der Waals surface area contributed by atoms with E-state index in [-0.39, 0.29) is 0 Å². The molecule has 75 valence electrons. The minimum absolute atomic E-state index is 0.618. The Bertz CT molecular complexity index is 434. The van der Waals surface area contributed by atoms with E-state index >= 15 is 0 Å². The average molecular weight is 237 g/mol. The SMILES string of the molecule is Clc1cc(Cl)cc(Nc2cc[c]cc2)c1. The summed E-state index contributed by atoms with van der Waals surface area (Å²) in [5, 5.41) is 4.43. The van der Waals surface area contributed by atoms with Crippen molar-refractivity contribution in [1.82, 2.24) is 0 Å². The molecule has 0 aliphatic rings. The van der Waals surface area contributed by atoms with Crippen LogP contribution < -0.4 is 5.32 Å². The van der Waals surface area contributed by atoms with Gasteiger partial charge in [-0.3, -0.25) is 0 Å². The van der Waals surface area contributed by atoms with Crippen LogP contribution in [0.1, 0.15) is 0 Å². The highest BCUT2D eigenvalue weighted by molar-refractivity contribution is 6.35. The Labute approximate surface area is 98.6 Å². The Hall–Kier alpha value is -1.18. The molecule has 2 rings (SSSR count). The first-order valence-corrected chi connectivity index (χ1v) is 5.19. The molecule has 2 aromatic rings. The Kier molecular flexibility index (Phi) is 3.14. The van der Waals surface area contributed by atoms with Crippen molar-refractivity contribution in [1.29, 1.82) is 0 Å². The zero-order valence-electron chi connectivity index (χ0n) is 7.80. The van der Waals surface area contributed by atoms with Crippen LogP contribution in [0.5, 0.6) is 0 Å². The van der Waals surface area contributed by atoms with Gasteiger partial charge in [0.25, 0.3) is 0 Å². The van der Waals surface area contributed by atoms with E-state index in [2.05, 4.69) is 11.4 Å². The molecule has 0 saturated carbocycles. The molecule has 0 aliphatic carbocycles. The molecule has 0 aromatic heterocycles. The number of nitrogens with one attached hydrogen (secondary N) is 1. The smallest absolute Gasteiger partial charge is 0.0441 e. The van der Waals surface area contributed by atoms with Crippen molar-refractivity contribution in [3.63, 3.8) is 0 Å². The summed E-state index contributed by atoms with van der Waals surface area (Å²) >= 11 is 11.8. The van der Waals surface area contributed by atoms with Gasteiger partial charge in [0.2, 0.25) is 0 Å². The maximum Gasteiger partial charge on any atom is 0.0441 e. The summed E-state index contributed by atoms with van der Waals surface area (Å²) < 4.78 is 0. The summed E-state index contributed by atoms with van der Waals surface area (Å²) in [5.74, 6) is 0. The van der Waals surface area contributed by atoms with Crippen LogP contribution >= 0.6 is 23.2 Å². The van der Waals surface area contributed by atoms with Gasteiger partial charge in [-0.1, -0.05) is 35.3 Å². The van der Waals surface area contributed by atoms with Gasteiger partial charge in [-0.15, -0.1) is 0 Å². The largest absolute Gasteiger partial charge is 0.355 e. The van der Waals surface area contributed by atoms with Gasteiger partial charge in [0, 0.05) is 21.4 Å². The third kappa shape index (κ3) is 2.88. The quantitative estimate of drug-likeness (QED) is 0.808. The molecule has 0 fully saturated rings. The summed E-state index contributed by atoms with van der Waals surface area (Å²) in [6, 6.07) is 15.8. The molecule has 0 unspecified atom stereocenters. The molecule has 0 heterocycles. The van der Waals surface area contributed by atoms with E-state index < -0.39 is 0 Å². The lowest BCUT2D eigenvalue weighted by atomic mass is 10.3. The standard InChI is InChI=1S/C12H8Cl2N/c13-9-6-10(14)8-12(7-9)15-11-4-2-1-3-5-11/h2-8,15H. The molecule has 1 N–H and O–H groups in total. The van der Waals surface area contributed by atoms with Crippen LogP contribution in [0.2, 0.25) is 10.0 Å². The highest BCUT2D eigenvalue weighted by atomic mass is 35.5. The Balaban J connectivity index is 2.25. The van der Waals surface area contributed by atoms with Gasteiger partial charge in [-0.05, 0) is 36.4 Å². The van der Waals surface area contributed by atoms with E-state index in [9.17, 15) is 0 Å². The van der Waals surface area contributed by atoms with Gasteiger partial charge in [0.1, 0.15) is 0 Å². The number of benzene rings is 2. The van der Waals surface area contributed by atoms with Crippen molar-refractivity contribution >= 4 is 34.6 Å². The Morgan fingerprint density at radius 3 is 2.07 bits per heavy atom. The second-order valence-corrected chi connectivity index (χ2v) is 3.94. The van der Waals surface area contributed by atoms with Gasteiger partial charge in [0.05, 0.1) is 0 Å². The fraction of sp³-hybridized carbons (Fsp3) is 0. The minimum Gasteiger partial charge on any atom is -0.355 e. The highest BCUT2D eigenvalue weighted by Crippen LogP contribution is 2.24. The molecule has 2 aromatic carbocycles. The number of hydrogen-bond acceptors (Lipinski definition) is 1. The molecule has 0 amide bonds. The van der Waals surface area contributed by atoms with Crippen molar-refractivity contribution < 1.29 is 0 Å². The molecule has 0 atom stereocenters. The van der Waals surface area contributed by atoms with Crippen LogP contribution in [0, 0.1) is 6.07 Å². The summed E-state index contributed by atoms with van der Waals surface area (Å²) in [4.78, 5) is 0. The first-order valence-electron chi connectivity index (χ1n) is 4.43. The van der Waals surface area contributed by atoms with Crippen LogP contribution in [0.15, 0.2) is 42.5 Å². The van der Waals surface area contributed by atoms with Gasteiger partial charge < -0.3 is 5.32 Å². The zero-order chi connectivity index (χ0) is 10.7. The van der Waals surface area contributed by atoms with Crippen LogP contribution in [-0.2, 0) is 0 Å². The first kappa shape index (κ1) is 10.3. The molecule has 0 saturated heterocycles. The summed E-state index contributed by atoms with van der Waals surface area (Å²) in [7, 11) is 0. The normalized spacial score (nSPS) is 10.0. The third-order valence-corrected chi connectivity index (χ3v) is 2.31.